The number of hydrogen-bond acceptors (Lipinski definition) is 5. The summed E-state index contributed by atoms with van der Waals surface area (Å²) in [5.74, 6) is 1.72. The third kappa shape index (κ3) is 4.86. The van der Waals surface area contributed by atoms with E-state index < -0.39 is 0 Å². The second kappa shape index (κ2) is 9.99. The zero-order valence-electron chi connectivity index (χ0n) is 19.4. The fraction of sp³-hybridized carbons (Fsp3) is 0.346. The number of halogens is 1. The minimum Gasteiger partial charge on any atom is -0.354 e. The Morgan fingerprint density at radius 3 is 2.41 bits per heavy atom. The average Bonchev–Trinajstić information content (AvgIpc) is 2.89. The van der Waals surface area contributed by atoms with Crippen LogP contribution in [0.4, 0.5) is 16.3 Å². The summed E-state index contributed by atoms with van der Waals surface area (Å²) >= 11 is 5.97. The number of hydrogen-bond donors (Lipinski definition) is 1. The number of carbonyl (C=O) groups is 1. The van der Waals surface area contributed by atoms with Crippen LogP contribution in [0, 0.1) is 0 Å². The first-order chi connectivity index (χ1) is 16.6. The number of amides is 2. The van der Waals surface area contributed by atoms with Crippen LogP contribution in [0.15, 0.2) is 54.6 Å². The van der Waals surface area contributed by atoms with Crippen molar-refractivity contribution < 1.29 is 4.79 Å². The van der Waals surface area contributed by atoms with E-state index in [-0.39, 0.29) is 6.03 Å². The van der Waals surface area contributed by atoms with Crippen molar-refractivity contribution >= 4 is 29.1 Å². The van der Waals surface area contributed by atoms with Crippen LogP contribution in [-0.4, -0.2) is 65.1 Å². The topological polar surface area (TPSA) is 64.6 Å². The molecule has 0 aliphatic carbocycles. The van der Waals surface area contributed by atoms with Crippen molar-refractivity contribution in [3.05, 3.63) is 70.9 Å². The molecule has 3 aromatic rings. The monoisotopic (exact) mass is 476 g/mol. The first-order valence-corrected chi connectivity index (χ1v) is 12.2. The van der Waals surface area contributed by atoms with Gasteiger partial charge < -0.3 is 20.0 Å². The SMILES string of the molecule is CCN1CCN(c2nc(-c3ccccc3)nc3c2CN(C(=O)Nc2ccc(Cl)cc2)CC3)CC1. The Balaban J connectivity index is 1.43. The highest BCUT2D eigenvalue weighted by molar-refractivity contribution is 6.30. The van der Waals surface area contributed by atoms with E-state index in [0.29, 0.717) is 24.5 Å². The lowest BCUT2D eigenvalue weighted by Gasteiger charge is -2.37. The molecule has 1 N–H and O–H groups in total. The van der Waals surface area contributed by atoms with Crippen molar-refractivity contribution in [3.8, 4) is 11.4 Å². The summed E-state index contributed by atoms with van der Waals surface area (Å²) in [6.45, 7) is 8.23. The second-order valence-corrected chi connectivity index (χ2v) is 9.13. The maximum absolute atomic E-state index is 13.0. The van der Waals surface area contributed by atoms with Crippen molar-refractivity contribution in [2.24, 2.45) is 0 Å². The van der Waals surface area contributed by atoms with E-state index in [0.717, 1.165) is 66.9 Å². The molecule has 176 valence electrons. The normalized spacial score (nSPS) is 16.3. The van der Waals surface area contributed by atoms with E-state index in [1.54, 1.807) is 12.1 Å². The van der Waals surface area contributed by atoms with Gasteiger partial charge in [-0.2, -0.15) is 0 Å². The number of fused-ring (bicyclic) bond motifs is 1. The molecule has 1 fully saturated rings. The fourth-order valence-electron chi connectivity index (χ4n) is 4.56. The van der Waals surface area contributed by atoms with E-state index in [2.05, 4.69) is 34.2 Å². The van der Waals surface area contributed by atoms with Crippen LogP contribution in [0.25, 0.3) is 11.4 Å². The Morgan fingerprint density at radius 1 is 0.971 bits per heavy atom. The zero-order valence-corrected chi connectivity index (χ0v) is 20.1. The van der Waals surface area contributed by atoms with E-state index >= 15 is 0 Å². The largest absolute Gasteiger partial charge is 0.354 e. The summed E-state index contributed by atoms with van der Waals surface area (Å²) in [6.07, 6.45) is 0.702. The molecule has 0 spiro atoms. The molecule has 2 amide bonds. The number of urea groups is 1. The quantitative estimate of drug-likeness (QED) is 0.599. The van der Waals surface area contributed by atoms with Gasteiger partial charge in [0, 0.05) is 61.0 Å². The third-order valence-corrected chi connectivity index (χ3v) is 6.82. The minimum atomic E-state index is -0.123. The van der Waals surface area contributed by atoms with Gasteiger partial charge in [0.05, 0.1) is 12.2 Å². The number of piperazine rings is 1. The Kier molecular flexibility index (Phi) is 6.65. The number of nitrogens with zero attached hydrogens (tertiary/aromatic N) is 5. The second-order valence-electron chi connectivity index (χ2n) is 8.69. The first kappa shape index (κ1) is 22.6. The highest BCUT2D eigenvalue weighted by Gasteiger charge is 2.29. The highest BCUT2D eigenvalue weighted by atomic mass is 35.5. The number of anilines is 2. The van der Waals surface area contributed by atoms with Crippen LogP contribution < -0.4 is 10.2 Å². The zero-order chi connectivity index (χ0) is 23.5. The molecule has 0 unspecified atom stereocenters. The van der Waals surface area contributed by atoms with Crippen LogP contribution in [0.1, 0.15) is 18.2 Å². The minimum absolute atomic E-state index is 0.123. The molecule has 34 heavy (non-hydrogen) atoms. The summed E-state index contributed by atoms with van der Waals surface area (Å²) in [4.78, 5) is 29.7. The molecule has 3 heterocycles. The van der Waals surface area contributed by atoms with Gasteiger partial charge in [-0.25, -0.2) is 14.8 Å². The van der Waals surface area contributed by atoms with Gasteiger partial charge in [0.2, 0.25) is 0 Å². The Morgan fingerprint density at radius 2 is 1.71 bits per heavy atom. The fourth-order valence-corrected chi connectivity index (χ4v) is 4.69. The molecule has 0 saturated carbocycles. The Labute approximate surface area is 205 Å². The maximum atomic E-state index is 13.0. The van der Waals surface area contributed by atoms with Crippen LogP contribution >= 0.6 is 11.6 Å². The van der Waals surface area contributed by atoms with Crippen LogP contribution in [-0.2, 0) is 13.0 Å². The van der Waals surface area contributed by atoms with Gasteiger partial charge in [0.1, 0.15) is 5.82 Å². The van der Waals surface area contributed by atoms with Crippen molar-refractivity contribution in [1.82, 2.24) is 19.8 Å². The molecule has 2 aliphatic rings. The van der Waals surface area contributed by atoms with Crippen molar-refractivity contribution in [3.63, 3.8) is 0 Å². The van der Waals surface area contributed by atoms with Gasteiger partial charge in [-0.3, -0.25) is 0 Å². The molecule has 8 heteroatoms. The third-order valence-electron chi connectivity index (χ3n) is 6.57. The van der Waals surface area contributed by atoms with Gasteiger partial charge in [-0.1, -0.05) is 48.9 Å². The van der Waals surface area contributed by atoms with E-state index in [1.807, 2.05) is 35.2 Å². The summed E-state index contributed by atoms with van der Waals surface area (Å²) in [7, 11) is 0. The molecule has 2 aliphatic heterocycles. The smallest absolute Gasteiger partial charge is 0.322 e. The molecule has 0 atom stereocenters. The molecule has 2 aromatic carbocycles. The van der Waals surface area contributed by atoms with Crippen molar-refractivity contribution in [2.45, 2.75) is 19.9 Å². The molecular weight excluding hydrogens is 448 g/mol. The van der Waals surface area contributed by atoms with Gasteiger partial charge in [0.25, 0.3) is 0 Å². The number of rotatable bonds is 4. The van der Waals surface area contributed by atoms with E-state index in [4.69, 9.17) is 21.6 Å². The molecule has 7 nitrogen and oxygen atoms in total. The van der Waals surface area contributed by atoms with Crippen LogP contribution in [0.2, 0.25) is 5.02 Å². The summed E-state index contributed by atoms with van der Waals surface area (Å²) in [5, 5.41) is 3.63. The Hall–Kier alpha value is -3.16. The number of aromatic nitrogens is 2. The first-order valence-electron chi connectivity index (χ1n) is 11.8. The molecule has 5 rings (SSSR count). The molecule has 1 aromatic heterocycles. The van der Waals surface area contributed by atoms with Gasteiger partial charge in [-0.15, -0.1) is 0 Å². The average molecular weight is 477 g/mol. The predicted molar refractivity (Wildman–Crippen MR) is 136 cm³/mol. The lowest BCUT2D eigenvalue weighted by atomic mass is 10.0. The number of carbonyl (C=O) groups excluding carboxylic acids is 1. The summed E-state index contributed by atoms with van der Waals surface area (Å²) < 4.78 is 0. The highest BCUT2D eigenvalue weighted by Crippen LogP contribution is 2.30. The number of benzene rings is 2. The van der Waals surface area contributed by atoms with Crippen LogP contribution in [0.3, 0.4) is 0 Å². The maximum Gasteiger partial charge on any atom is 0.322 e. The van der Waals surface area contributed by atoms with Gasteiger partial charge in [0.15, 0.2) is 5.82 Å². The van der Waals surface area contributed by atoms with Gasteiger partial charge in [-0.05, 0) is 30.8 Å². The summed E-state index contributed by atoms with van der Waals surface area (Å²) in [6, 6.07) is 17.2. The van der Waals surface area contributed by atoms with Crippen molar-refractivity contribution in [1.29, 1.82) is 0 Å². The predicted octanol–water partition coefficient (Wildman–Crippen LogP) is 4.53. The summed E-state index contributed by atoms with van der Waals surface area (Å²) in [5.41, 5.74) is 3.84. The molecular formula is C26H29ClN6O. The number of likely N-dealkylation sites (N-methyl/N-ethyl adjacent to an activating group) is 1. The standard InChI is InChI=1S/C26H29ClN6O/c1-2-31-14-16-32(17-15-31)25-22-18-33(26(34)28-21-10-8-20(27)9-11-21)13-12-23(22)29-24(30-25)19-6-4-3-5-7-19/h3-11H,2,12-18H2,1H3,(H,28,34). The number of nitrogens with one attached hydrogen (secondary N) is 1. The lowest BCUT2D eigenvalue weighted by Crippen LogP contribution is -2.47. The Bertz CT molecular complexity index is 1150. The van der Waals surface area contributed by atoms with E-state index in [9.17, 15) is 4.79 Å². The van der Waals surface area contributed by atoms with Crippen molar-refractivity contribution in [2.75, 3.05) is 49.5 Å². The van der Waals surface area contributed by atoms with Gasteiger partial charge >= 0.3 is 6.03 Å². The molecule has 1 saturated heterocycles. The lowest BCUT2D eigenvalue weighted by molar-refractivity contribution is 0.205. The molecule has 0 radical (unpaired) electrons. The molecule has 0 bridgehead atoms. The van der Waals surface area contributed by atoms with E-state index in [1.165, 1.54) is 0 Å². The van der Waals surface area contributed by atoms with Crippen LogP contribution in [0.5, 0.6) is 0 Å².